The number of nitrogens with one attached hydrogen (secondary N) is 2. The zero-order valence-corrected chi connectivity index (χ0v) is 12.3. The van der Waals surface area contributed by atoms with E-state index >= 15 is 0 Å². The maximum atomic E-state index is 8.37. The van der Waals surface area contributed by atoms with Gasteiger partial charge in [0.2, 0.25) is 0 Å². The van der Waals surface area contributed by atoms with E-state index in [1.807, 2.05) is 12.1 Å². The molecule has 1 saturated carbocycles. The molecule has 1 fully saturated rings. The first-order valence-electron chi connectivity index (χ1n) is 7.84. The summed E-state index contributed by atoms with van der Waals surface area (Å²) in [6.45, 7) is 0. The molecule has 0 amide bonds. The molecule has 2 nitrogen and oxygen atoms in total. The van der Waals surface area contributed by atoms with Gasteiger partial charge in [0.05, 0.1) is 0 Å². The van der Waals surface area contributed by atoms with Gasteiger partial charge in [0.15, 0.2) is 0 Å². The second-order valence-corrected chi connectivity index (χ2v) is 5.79. The minimum absolute atomic E-state index is 0.405. The highest BCUT2D eigenvalue weighted by atomic mass is 14.9. The van der Waals surface area contributed by atoms with Crippen molar-refractivity contribution in [1.29, 1.82) is 5.41 Å². The predicted octanol–water partition coefficient (Wildman–Crippen LogP) is 5.32. The van der Waals surface area contributed by atoms with Crippen molar-refractivity contribution in [3.8, 4) is 11.1 Å². The maximum absolute atomic E-state index is 8.37. The first-order chi connectivity index (χ1) is 10.3. The van der Waals surface area contributed by atoms with Gasteiger partial charge in [-0.3, -0.25) is 5.41 Å². The zero-order chi connectivity index (χ0) is 14.5. The third-order valence-electron chi connectivity index (χ3n) is 4.29. The molecule has 2 aromatic carbocycles. The summed E-state index contributed by atoms with van der Waals surface area (Å²) in [4.78, 5) is 0. The Bertz CT molecular complexity index is 598. The minimum Gasteiger partial charge on any atom is -0.344 e. The lowest BCUT2D eigenvalue weighted by molar-refractivity contribution is 0.438. The summed E-state index contributed by atoms with van der Waals surface area (Å²) < 4.78 is 0. The lowest BCUT2D eigenvalue weighted by atomic mass is 9.88. The van der Waals surface area contributed by atoms with Crippen LogP contribution in [0.25, 0.3) is 11.1 Å². The molecular weight excluding hydrogens is 256 g/mol. The van der Waals surface area contributed by atoms with E-state index in [9.17, 15) is 0 Å². The molecule has 1 aliphatic rings. The average molecular weight is 278 g/mol. The fourth-order valence-electron chi connectivity index (χ4n) is 3.10. The molecule has 0 spiro atoms. The molecule has 0 atom stereocenters. The van der Waals surface area contributed by atoms with Crippen molar-refractivity contribution in [2.24, 2.45) is 5.92 Å². The van der Waals surface area contributed by atoms with Crippen molar-refractivity contribution in [2.75, 3.05) is 5.32 Å². The van der Waals surface area contributed by atoms with E-state index in [1.165, 1.54) is 30.4 Å². The second-order valence-electron chi connectivity index (χ2n) is 5.79. The molecule has 0 aliphatic heterocycles. The van der Waals surface area contributed by atoms with Gasteiger partial charge in [-0.1, -0.05) is 67.8 Å². The van der Waals surface area contributed by atoms with Crippen LogP contribution in [0.3, 0.4) is 0 Å². The van der Waals surface area contributed by atoms with Crippen molar-refractivity contribution in [2.45, 2.75) is 32.1 Å². The van der Waals surface area contributed by atoms with Gasteiger partial charge >= 0.3 is 0 Å². The Balaban J connectivity index is 1.81. The van der Waals surface area contributed by atoms with Crippen molar-refractivity contribution in [3.63, 3.8) is 0 Å². The number of hydrogen-bond donors (Lipinski definition) is 2. The second kappa shape index (κ2) is 6.57. The van der Waals surface area contributed by atoms with Gasteiger partial charge in [-0.15, -0.1) is 0 Å². The highest BCUT2D eigenvalue weighted by Crippen LogP contribution is 2.30. The first-order valence-corrected chi connectivity index (χ1v) is 7.84. The van der Waals surface area contributed by atoms with Crippen LogP contribution in [0.2, 0.25) is 0 Å². The molecule has 21 heavy (non-hydrogen) atoms. The minimum atomic E-state index is 0.405. The molecule has 3 rings (SSSR count). The molecular formula is C19H22N2. The molecule has 0 heterocycles. The van der Waals surface area contributed by atoms with Crippen LogP contribution in [0.5, 0.6) is 0 Å². The Hall–Kier alpha value is -2.09. The Labute approximate surface area is 126 Å². The number of hydrogen-bond acceptors (Lipinski definition) is 1. The largest absolute Gasteiger partial charge is 0.344 e. The van der Waals surface area contributed by atoms with Gasteiger partial charge in [0, 0.05) is 17.2 Å². The van der Waals surface area contributed by atoms with Crippen molar-refractivity contribution >= 4 is 11.5 Å². The van der Waals surface area contributed by atoms with E-state index in [2.05, 4.69) is 47.8 Å². The van der Waals surface area contributed by atoms with Crippen LogP contribution in [0.4, 0.5) is 5.69 Å². The fraction of sp³-hybridized carbons (Fsp3) is 0.316. The Kier molecular flexibility index (Phi) is 4.34. The van der Waals surface area contributed by atoms with Crippen molar-refractivity contribution in [3.05, 3.63) is 54.6 Å². The van der Waals surface area contributed by atoms with Gasteiger partial charge < -0.3 is 5.32 Å². The SMILES string of the molecule is N=C(Nc1ccccc1-c1ccccc1)C1CCCCC1. The highest BCUT2D eigenvalue weighted by molar-refractivity contribution is 5.98. The molecule has 0 bridgehead atoms. The summed E-state index contributed by atoms with van der Waals surface area (Å²) in [6.07, 6.45) is 6.15. The third kappa shape index (κ3) is 3.33. The van der Waals surface area contributed by atoms with Crippen LogP contribution < -0.4 is 5.32 Å². The van der Waals surface area contributed by atoms with Crippen LogP contribution in [0.1, 0.15) is 32.1 Å². The van der Waals surface area contributed by atoms with Gasteiger partial charge in [-0.05, 0) is 24.5 Å². The van der Waals surface area contributed by atoms with Crippen molar-refractivity contribution in [1.82, 2.24) is 0 Å². The highest BCUT2D eigenvalue weighted by Gasteiger charge is 2.18. The van der Waals surface area contributed by atoms with Gasteiger partial charge in [-0.25, -0.2) is 0 Å². The number of rotatable bonds is 3. The zero-order valence-electron chi connectivity index (χ0n) is 12.3. The van der Waals surface area contributed by atoms with Crippen LogP contribution in [0.15, 0.2) is 54.6 Å². The normalized spacial score (nSPS) is 15.6. The molecule has 0 radical (unpaired) electrons. The summed E-state index contributed by atoms with van der Waals surface area (Å²) in [5.74, 6) is 1.08. The maximum Gasteiger partial charge on any atom is 0.101 e. The first kappa shape index (κ1) is 13.9. The fourth-order valence-corrected chi connectivity index (χ4v) is 3.10. The standard InChI is InChI=1S/C19H22N2/c20-19(16-11-5-2-6-12-16)21-18-14-8-7-13-17(18)15-9-3-1-4-10-15/h1,3-4,7-10,13-14,16H,2,5-6,11-12H2,(H2,20,21). The van der Waals surface area contributed by atoms with Crippen LogP contribution >= 0.6 is 0 Å². The van der Waals surface area contributed by atoms with Crippen LogP contribution in [0, 0.1) is 11.3 Å². The summed E-state index contributed by atoms with van der Waals surface area (Å²) in [5.41, 5.74) is 3.40. The molecule has 1 aliphatic carbocycles. The number of amidine groups is 1. The lowest BCUT2D eigenvalue weighted by Crippen LogP contribution is -2.24. The summed E-state index contributed by atoms with van der Waals surface area (Å²) in [6, 6.07) is 18.6. The number of benzene rings is 2. The number of para-hydroxylation sites is 1. The van der Waals surface area contributed by atoms with E-state index in [-0.39, 0.29) is 0 Å². The summed E-state index contributed by atoms with van der Waals surface area (Å²) in [7, 11) is 0. The Morgan fingerprint density at radius 3 is 2.29 bits per heavy atom. The van der Waals surface area contributed by atoms with E-state index in [1.54, 1.807) is 0 Å². The molecule has 0 aromatic heterocycles. The van der Waals surface area contributed by atoms with E-state index < -0.39 is 0 Å². The Morgan fingerprint density at radius 2 is 1.52 bits per heavy atom. The third-order valence-corrected chi connectivity index (χ3v) is 4.29. The predicted molar refractivity (Wildman–Crippen MR) is 89.8 cm³/mol. The molecule has 2 N–H and O–H groups in total. The summed E-state index contributed by atoms with van der Waals surface area (Å²) in [5, 5.41) is 11.7. The number of anilines is 1. The summed E-state index contributed by atoms with van der Waals surface area (Å²) >= 11 is 0. The molecule has 0 saturated heterocycles. The lowest BCUT2D eigenvalue weighted by Gasteiger charge is -2.24. The van der Waals surface area contributed by atoms with Crippen LogP contribution in [-0.2, 0) is 0 Å². The van der Waals surface area contributed by atoms with Crippen molar-refractivity contribution < 1.29 is 0 Å². The monoisotopic (exact) mass is 278 g/mol. The molecule has 0 unspecified atom stereocenters. The van der Waals surface area contributed by atoms with Gasteiger partial charge in [0.25, 0.3) is 0 Å². The van der Waals surface area contributed by atoms with Gasteiger partial charge in [0.1, 0.15) is 5.84 Å². The van der Waals surface area contributed by atoms with E-state index in [4.69, 9.17) is 5.41 Å². The topological polar surface area (TPSA) is 35.9 Å². The average Bonchev–Trinajstić information content (AvgIpc) is 2.57. The molecule has 108 valence electrons. The molecule has 2 heteroatoms. The van der Waals surface area contributed by atoms with Gasteiger partial charge in [-0.2, -0.15) is 0 Å². The molecule has 2 aromatic rings. The Morgan fingerprint density at radius 1 is 0.857 bits per heavy atom. The quantitative estimate of drug-likeness (QED) is 0.578. The van der Waals surface area contributed by atoms with Crippen LogP contribution in [-0.4, -0.2) is 5.84 Å². The van der Waals surface area contributed by atoms with E-state index in [0.717, 1.165) is 18.5 Å². The smallest absolute Gasteiger partial charge is 0.101 e. The van der Waals surface area contributed by atoms with E-state index in [0.29, 0.717) is 11.8 Å².